The molecule has 0 bridgehead atoms. The number of nitrogens with zero attached hydrogens (tertiary/aromatic N) is 1. The Kier molecular flexibility index (Phi) is 15.7. The zero-order valence-electron chi connectivity index (χ0n) is 40.8. The molecular weight excluding hydrogens is 918 g/mol. The van der Waals surface area contributed by atoms with Gasteiger partial charge in [0.1, 0.15) is 0 Å². The summed E-state index contributed by atoms with van der Waals surface area (Å²) in [4.78, 5) is 0. The van der Waals surface area contributed by atoms with Crippen molar-refractivity contribution >= 4 is 94.2 Å². The fraction of sp³-hybridized carbons (Fsp3) is 0.674. The SMILES string of the molecule is CC(C)c1cc(C(C)C)[c]([Sn]2([c]3c(C([Si](C)(C)C)[Si](C)(C)C)cc(C([Si](C)(C)C)[Si](C)(C)C)cc3C([Si](C)(C)C)[Si](C)(C)C)[CH2]C(C#N)=C(S)[S]2)c(C(C)C)c1. The Balaban J connectivity index is 3.05. The number of thiol groups is 1. The molecule has 0 radical (unpaired) electrons. The summed E-state index contributed by atoms with van der Waals surface area (Å²) in [6.45, 7) is 62.8. The van der Waals surface area contributed by atoms with Crippen LogP contribution >= 0.6 is 21.6 Å². The van der Waals surface area contributed by atoms with E-state index in [0.717, 1.165) is 14.2 Å². The molecule has 0 aromatic heterocycles. The second-order valence-corrected chi connectivity index (χ2v) is 75.1. The van der Waals surface area contributed by atoms with E-state index in [2.05, 4.69) is 199 Å². The Morgan fingerprint density at radius 2 is 0.804 bits per heavy atom. The topological polar surface area (TPSA) is 23.8 Å². The van der Waals surface area contributed by atoms with Gasteiger partial charge < -0.3 is 0 Å². The van der Waals surface area contributed by atoms with E-state index in [4.69, 9.17) is 12.6 Å². The molecule has 0 saturated carbocycles. The molecule has 314 valence electrons. The predicted octanol–water partition coefficient (Wildman–Crippen LogP) is 15.0. The van der Waals surface area contributed by atoms with Gasteiger partial charge >= 0.3 is 370 Å². The standard InChI is InChI=1S/C27H59Si6.C15H23.C4H4NS2.Sn/c1-28(2,3)25(29(4,5)6)22-19-23(26(30(7,8)9)31(10,11)12)21-24(20-22)27(32(13,14)15)33(16,17)18;1-10(2)13-7-14(11(3)4)9-15(8-13)12(5)6;1-3(2-5)4(6)7;/h19-20,25-27H,1-18H3;7-8,10-12H,1-6H3;6-7H,1H2;/q;;;+1/p-1. The summed E-state index contributed by atoms with van der Waals surface area (Å²) < 4.78 is 5.50. The quantitative estimate of drug-likeness (QED) is 0.151. The monoisotopic (exact) mass is 1000 g/mol. The molecule has 1 unspecified atom stereocenters. The Morgan fingerprint density at radius 3 is 1.05 bits per heavy atom. The van der Waals surface area contributed by atoms with Crippen LogP contribution in [-0.2, 0) is 0 Å². The third kappa shape index (κ3) is 10.7. The molecule has 1 nitrogen and oxygen atoms in total. The average Bonchev–Trinajstić information content (AvgIpc) is 3.28. The third-order valence-corrected chi connectivity index (χ3v) is 61.9. The summed E-state index contributed by atoms with van der Waals surface area (Å²) in [7, 11) is -8.22. The van der Waals surface area contributed by atoms with Crippen LogP contribution in [-0.4, -0.2) is 65.4 Å². The van der Waals surface area contributed by atoms with Crippen molar-refractivity contribution in [2.75, 3.05) is 0 Å². The van der Waals surface area contributed by atoms with Crippen LogP contribution < -0.4 is 7.16 Å². The van der Waals surface area contributed by atoms with Crippen LogP contribution in [0.1, 0.15) is 108 Å². The van der Waals surface area contributed by atoms with Crippen molar-refractivity contribution in [2.24, 2.45) is 0 Å². The maximum atomic E-state index is 11.0. The molecule has 3 rings (SSSR count). The van der Waals surface area contributed by atoms with Gasteiger partial charge in [-0.2, -0.15) is 0 Å². The number of benzene rings is 2. The van der Waals surface area contributed by atoms with Gasteiger partial charge in [-0.05, 0) is 0 Å². The van der Waals surface area contributed by atoms with Crippen molar-refractivity contribution in [3.05, 3.63) is 67.5 Å². The Morgan fingerprint density at radius 1 is 0.500 bits per heavy atom. The summed E-state index contributed by atoms with van der Waals surface area (Å²) in [5, 5.41) is 12.9. The van der Waals surface area contributed by atoms with Gasteiger partial charge in [-0.25, -0.2) is 0 Å². The van der Waals surface area contributed by atoms with Crippen LogP contribution in [0.15, 0.2) is 34.1 Å². The van der Waals surface area contributed by atoms with Gasteiger partial charge in [-0.1, -0.05) is 0 Å². The predicted molar refractivity (Wildman–Crippen MR) is 282 cm³/mol. The van der Waals surface area contributed by atoms with Gasteiger partial charge in [0, 0.05) is 0 Å². The molecule has 2 aromatic carbocycles. The van der Waals surface area contributed by atoms with Crippen LogP contribution in [0.25, 0.3) is 0 Å². The molecule has 0 amide bonds. The number of hydrogen-bond donors (Lipinski definition) is 1. The van der Waals surface area contributed by atoms with Crippen molar-refractivity contribution in [2.45, 2.75) is 197 Å². The summed E-state index contributed by atoms with van der Waals surface area (Å²) in [5.74, 6) is 1.26. The molecule has 2 aromatic rings. The second kappa shape index (κ2) is 17.3. The summed E-state index contributed by atoms with van der Waals surface area (Å²) in [5.41, 5.74) is 10.8. The number of allylic oxidation sites excluding steroid dienone is 1. The Labute approximate surface area is 366 Å². The van der Waals surface area contributed by atoms with Crippen LogP contribution in [0, 0.1) is 11.3 Å². The van der Waals surface area contributed by atoms with Gasteiger partial charge in [0.05, 0.1) is 0 Å². The first-order chi connectivity index (χ1) is 24.9. The molecule has 0 spiro atoms. The minimum atomic E-state index is -4.05. The fourth-order valence-electron chi connectivity index (χ4n) is 12.1. The number of nitriles is 1. The molecule has 0 saturated heterocycles. The van der Waals surface area contributed by atoms with Crippen molar-refractivity contribution in [3.63, 3.8) is 0 Å². The molecule has 1 atom stereocenters. The Bertz CT molecular complexity index is 1710. The first kappa shape index (κ1) is 50.8. The normalized spacial score (nSPS) is 18.2. The van der Waals surface area contributed by atoms with E-state index in [0.29, 0.717) is 33.2 Å². The van der Waals surface area contributed by atoms with Crippen molar-refractivity contribution in [1.29, 1.82) is 5.26 Å². The van der Waals surface area contributed by atoms with E-state index < -0.39 is 65.4 Å². The summed E-state index contributed by atoms with van der Waals surface area (Å²) in [6.07, 6.45) is 0. The second-order valence-electron chi connectivity index (χ2n) is 25.1. The zero-order valence-corrected chi connectivity index (χ0v) is 51.3. The molecule has 1 heterocycles. The molecular formula is C46H85NS2Si6Sn. The summed E-state index contributed by atoms with van der Waals surface area (Å²) in [6, 6.07) is 13.9. The van der Waals surface area contributed by atoms with Gasteiger partial charge in [0.2, 0.25) is 0 Å². The zero-order chi connectivity index (χ0) is 43.7. The average molecular weight is 1000 g/mol. The number of hydrogen-bond acceptors (Lipinski definition) is 3. The van der Waals surface area contributed by atoms with E-state index >= 15 is 0 Å². The molecule has 0 aliphatic carbocycles. The van der Waals surface area contributed by atoms with Crippen molar-refractivity contribution < 1.29 is 0 Å². The molecule has 10 heteroatoms. The molecule has 0 fully saturated rings. The molecule has 1 aliphatic heterocycles. The molecule has 0 N–H and O–H groups in total. The van der Waals surface area contributed by atoms with Gasteiger partial charge in [0.15, 0.2) is 0 Å². The van der Waals surface area contributed by atoms with Gasteiger partial charge in [0.25, 0.3) is 0 Å². The van der Waals surface area contributed by atoms with Crippen LogP contribution in [0.2, 0.25) is 122 Å². The van der Waals surface area contributed by atoms with E-state index in [1.165, 1.54) is 5.56 Å². The Hall–Kier alpha value is 0.470. The van der Waals surface area contributed by atoms with Crippen molar-refractivity contribution in [1.82, 2.24) is 0 Å². The maximum absolute atomic E-state index is 11.0. The van der Waals surface area contributed by atoms with E-state index in [1.807, 2.05) is 3.58 Å². The number of rotatable bonds is 14. The van der Waals surface area contributed by atoms with E-state index in [1.54, 1.807) is 31.4 Å². The van der Waals surface area contributed by atoms with Crippen LogP contribution in [0.3, 0.4) is 0 Å². The molecule has 1 aliphatic rings. The van der Waals surface area contributed by atoms with Crippen LogP contribution in [0.4, 0.5) is 0 Å². The molecule has 56 heavy (non-hydrogen) atoms. The third-order valence-electron chi connectivity index (χ3n) is 12.4. The minimum absolute atomic E-state index is 0.397. The van der Waals surface area contributed by atoms with Gasteiger partial charge in [-0.3, -0.25) is 0 Å². The fourth-order valence-corrected chi connectivity index (χ4v) is 79.6. The summed E-state index contributed by atoms with van der Waals surface area (Å²) >= 11 is 1.30. The van der Waals surface area contributed by atoms with E-state index in [9.17, 15) is 5.26 Å². The van der Waals surface area contributed by atoms with Crippen molar-refractivity contribution in [3.8, 4) is 6.07 Å². The van der Waals surface area contributed by atoms with E-state index in [-0.39, 0.29) is 0 Å². The van der Waals surface area contributed by atoms with Gasteiger partial charge in [-0.15, -0.1) is 0 Å². The van der Waals surface area contributed by atoms with Crippen LogP contribution in [0.5, 0.6) is 0 Å². The first-order valence-corrected chi connectivity index (χ1v) is 52.9. The first-order valence-electron chi connectivity index (χ1n) is 21.8.